The third-order valence-electron chi connectivity index (χ3n) is 5.83. The van der Waals surface area contributed by atoms with Crippen molar-refractivity contribution in [3.05, 3.63) is 46.8 Å². The minimum Gasteiger partial charge on any atom is -0.377 e. The van der Waals surface area contributed by atoms with Crippen LogP contribution in [0.5, 0.6) is 0 Å². The highest BCUT2D eigenvalue weighted by Gasteiger charge is 2.34. The molecule has 2 aromatic rings. The van der Waals surface area contributed by atoms with Crippen molar-refractivity contribution >= 4 is 35.0 Å². The summed E-state index contributed by atoms with van der Waals surface area (Å²) in [7, 11) is 0. The zero-order chi connectivity index (χ0) is 24.8. The zero-order valence-corrected chi connectivity index (χ0v) is 19.9. The lowest BCUT2D eigenvalue weighted by Crippen LogP contribution is -2.46. The molecule has 4 N–H and O–H groups in total. The largest absolute Gasteiger partial charge is 0.377 e. The van der Waals surface area contributed by atoms with Gasteiger partial charge in [0.05, 0.1) is 29.7 Å². The van der Waals surface area contributed by atoms with Crippen molar-refractivity contribution in [2.45, 2.75) is 51.7 Å². The number of imidazole rings is 1. The fourth-order valence-corrected chi connectivity index (χ4v) is 4.31. The number of hydrogen-bond donors (Lipinski definition) is 3. The SMILES string of the molecule is CC(C)OCCN(C(=O)c1[nH]cnc1C(N)=O)C1CCC(C(=O)Nc2ccc(F)cc2Cl)CC1. The number of carbonyl (C=O) groups is 3. The van der Waals surface area contributed by atoms with Crippen LogP contribution in [0.2, 0.25) is 5.02 Å². The van der Waals surface area contributed by atoms with Gasteiger partial charge in [0, 0.05) is 18.5 Å². The van der Waals surface area contributed by atoms with E-state index < -0.39 is 11.7 Å². The van der Waals surface area contributed by atoms with Crippen LogP contribution >= 0.6 is 11.6 Å². The second-order valence-corrected chi connectivity index (χ2v) is 8.93. The molecule has 0 aliphatic heterocycles. The molecule has 0 radical (unpaired) electrons. The van der Waals surface area contributed by atoms with Gasteiger partial charge in [0.2, 0.25) is 5.91 Å². The number of halogens is 2. The molecule has 34 heavy (non-hydrogen) atoms. The highest BCUT2D eigenvalue weighted by atomic mass is 35.5. The number of ether oxygens (including phenoxy) is 1. The number of benzene rings is 1. The minimum atomic E-state index is -0.789. The second kappa shape index (κ2) is 11.4. The molecule has 0 spiro atoms. The predicted octanol–water partition coefficient (Wildman–Crippen LogP) is 3.37. The van der Waals surface area contributed by atoms with Gasteiger partial charge in [-0.25, -0.2) is 9.37 Å². The van der Waals surface area contributed by atoms with Gasteiger partial charge in [0.25, 0.3) is 11.8 Å². The third kappa shape index (κ3) is 6.32. The van der Waals surface area contributed by atoms with Crippen LogP contribution in [-0.2, 0) is 9.53 Å². The first-order chi connectivity index (χ1) is 16.2. The molecule has 1 aliphatic rings. The second-order valence-electron chi connectivity index (χ2n) is 8.53. The number of nitrogens with one attached hydrogen (secondary N) is 2. The molecule has 184 valence electrons. The quantitative estimate of drug-likeness (QED) is 0.493. The van der Waals surface area contributed by atoms with Gasteiger partial charge in [-0.3, -0.25) is 14.4 Å². The van der Waals surface area contributed by atoms with Crippen molar-refractivity contribution in [2.24, 2.45) is 11.7 Å². The van der Waals surface area contributed by atoms with Crippen molar-refractivity contribution in [1.82, 2.24) is 14.9 Å². The predicted molar refractivity (Wildman–Crippen MR) is 125 cm³/mol. The van der Waals surface area contributed by atoms with Crippen LogP contribution in [0.25, 0.3) is 0 Å². The lowest BCUT2D eigenvalue weighted by Gasteiger charge is -2.36. The highest BCUT2D eigenvalue weighted by Crippen LogP contribution is 2.31. The Kier molecular flexibility index (Phi) is 8.62. The topological polar surface area (TPSA) is 130 Å². The number of nitrogens with two attached hydrogens (primary N) is 1. The maximum absolute atomic E-state index is 13.3. The van der Waals surface area contributed by atoms with E-state index in [1.807, 2.05) is 13.8 Å². The van der Waals surface area contributed by atoms with Gasteiger partial charge >= 0.3 is 0 Å². The molecular formula is C23H29ClFN5O4. The Morgan fingerprint density at radius 2 is 2.00 bits per heavy atom. The van der Waals surface area contributed by atoms with E-state index in [0.29, 0.717) is 44.5 Å². The molecule has 1 aliphatic carbocycles. The van der Waals surface area contributed by atoms with Gasteiger partial charge in [-0.15, -0.1) is 0 Å². The molecular weight excluding hydrogens is 465 g/mol. The molecule has 1 saturated carbocycles. The summed E-state index contributed by atoms with van der Waals surface area (Å²) in [5.74, 6) is -2.12. The van der Waals surface area contributed by atoms with E-state index >= 15 is 0 Å². The Balaban J connectivity index is 1.67. The molecule has 0 saturated heterocycles. The average Bonchev–Trinajstić information content (AvgIpc) is 3.29. The van der Waals surface area contributed by atoms with Crippen LogP contribution in [0.15, 0.2) is 24.5 Å². The van der Waals surface area contributed by atoms with E-state index in [-0.39, 0.29) is 46.3 Å². The van der Waals surface area contributed by atoms with Crippen LogP contribution < -0.4 is 11.1 Å². The molecule has 3 amide bonds. The summed E-state index contributed by atoms with van der Waals surface area (Å²) in [6.45, 7) is 4.46. The summed E-state index contributed by atoms with van der Waals surface area (Å²) in [4.78, 5) is 46.0. The van der Waals surface area contributed by atoms with E-state index in [2.05, 4.69) is 15.3 Å². The fourth-order valence-electron chi connectivity index (χ4n) is 4.10. The molecule has 9 nitrogen and oxygen atoms in total. The lowest BCUT2D eigenvalue weighted by atomic mass is 9.84. The summed E-state index contributed by atoms with van der Waals surface area (Å²) in [5, 5.41) is 2.89. The minimum absolute atomic E-state index is 0.00278. The molecule has 11 heteroatoms. The average molecular weight is 494 g/mol. The first-order valence-electron chi connectivity index (χ1n) is 11.2. The Labute approximate surface area is 202 Å². The number of nitrogens with zero attached hydrogens (tertiary/aromatic N) is 2. The molecule has 0 bridgehead atoms. The maximum atomic E-state index is 13.3. The number of amides is 3. The number of H-pyrrole nitrogens is 1. The molecule has 1 aromatic carbocycles. The van der Waals surface area contributed by atoms with Crippen LogP contribution in [0.1, 0.15) is 60.5 Å². The zero-order valence-electron chi connectivity index (χ0n) is 19.1. The number of rotatable bonds is 9. The Morgan fingerprint density at radius 3 is 2.62 bits per heavy atom. The van der Waals surface area contributed by atoms with Gasteiger partial charge in [-0.1, -0.05) is 11.6 Å². The summed E-state index contributed by atoms with van der Waals surface area (Å²) in [6.07, 6.45) is 3.54. The fraction of sp³-hybridized carbons (Fsp3) is 0.478. The van der Waals surface area contributed by atoms with E-state index in [1.165, 1.54) is 18.5 Å². The third-order valence-corrected chi connectivity index (χ3v) is 6.14. The summed E-state index contributed by atoms with van der Waals surface area (Å²) < 4.78 is 18.9. The van der Waals surface area contributed by atoms with Crippen molar-refractivity contribution in [3.8, 4) is 0 Å². The van der Waals surface area contributed by atoms with Crippen LogP contribution in [-0.4, -0.2) is 57.9 Å². The highest BCUT2D eigenvalue weighted by molar-refractivity contribution is 6.33. The molecule has 1 heterocycles. The van der Waals surface area contributed by atoms with Crippen molar-refractivity contribution in [1.29, 1.82) is 0 Å². The Hall–Kier alpha value is -2.98. The number of hydrogen-bond acceptors (Lipinski definition) is 5. The number of carbonyl (C=O) groups excluding carboxylic acids is 3. The van der Waals surface area contributed by atoms with Crippen LogP contribution in [0.3, 0.4) is 0 Å². The van der Waals surface area contributed by atoms with Crippen molar-refractivity contribution in [3.63, 3.8) is 0 Å². The van der Waals surface area contributed by atoms with E-state index in [9.17, 15) is 18.8 Å². The summed E-state index contributed by atoms with van der Waals surface area (Å²) in [6, 6.07) is 3.66. The molecule has 0 unspecified atom stereocenters. The Bertz CT molecular complexity index is 1040. The van der Waals surface area contributed by atoms with E-state index in [1.54, 1.807) is 4.90 Å². The number of anilines is 1. The Morgan fingerprint density at radius 1 is 1.29 bits per heavy atom. The number of primary amides is 1. The molecule has 1 fully saturated rings. The first-order valence-corrected chi connectivity index (χ1v) is 11.6. The summed E-state index contributed by atoms with van der Waals surface area (Å²) in [5.41, 5.74) is 5.65. The van der Waals surface area contributed by atoms with Crippen LogP contribution in [0, 0.1) is 11.7 Å². The van der Waals surface area contributed by atoms with Gasteiger partial charge in [0.1, 0.15) is 11.5 Å². The van der Waals surface area contributed by atoms with E-state index in [0.717, 1.165) is 6.07 Å². The maximum Gasteiger partial charge on any atom is 0.273 e. The number of aromatic amines is 1. The summed E-state index contributed by atoms with van der Waals surface area (Å²) >= 11 is 6.01. The van der Waals surface area contributed by atoms with Gasteiger partial charge < -0.3 is 25.7 Å². The molecule has 1 aromatic heterocycles. The van der Waals surface area contributed by atoms with Crippen LogP contribution in [0.4, 0.5) is 10.1 Å². The van der Waals surface area contributed by atoms with Gasteiger partial charge in [-0.2, -0.15) is 0 Å². The van der Waals surface area contributed by atoms with Gasteiger partial charge in [0.15, 0.2) is 5.69 Å². The number of aromatic nitrogens is 2. The van der Waals surface area contributed by atoms with Gasteiger partial charge in [-0.05, 0) is 57.7 Å². The molecule has 0 atom stereocenters. The monoisotopic (exact) mass is 493 g/mol. The first kappa shape index (κ1) is 25.6. The lowest BCUT2D eigenvalue weighted by molar-refractivity contribution is -0.121. The molecule has 3 rings (SSSR count). The van der Waals surface area contributed by atoms with Crippen molar-refractivity contribution < 1.29 is 23.5 Å². The standard InChI is InChI=1S/C23H29ClFN5O4/c1-13(2)34-10-9-30(23(33)20-19(21(26)31)27-12-28-20)16-6-3-14(4-7-16)22(32)29-18-8-5-15(25)11-17(18)24/h5,8,11-14,16H,3-4,6-7,9-10H2,1-2H3,(H2,26,31)(H,27,28)(H,29,32). The smallest absolute Gasteiger partial charge is 0.273 e. The van der Waals surface area contributed by atoms with Crippen molar-refractivity contribution in [2.75, 3.05) is 18.5 Å². The van der Waals surface area contributed by atoms with E-state index in [4.69, 9.17) is 22.1 Å². The normalized spacial score (nSPS) is 18.0.